The van der Waals surface area contributed by atoms with Gasteiger partial charge in [-0.3, -0.25) is 91.1 Å². The third-order valence-electron chi connectivity index (χ3n) is 17.7. The fourth-order valence-electron chi connectivity index (χ4n) is 13.6. The molecule has 0 saturated carbocycles. The molecule has 50 heteroatoms. The number of carbonyl (C=O) groups is 19. The van der Waals surface area contributed by atoms with E-state index in [0.29, 0.717) is 0 Å². The van der Waals surface area contributed by atoms with Gasteiger partial charge in [0.25, 0.3) is 0 Å². The first-order chi connectivity index (χ1) is 58.0. The van der Waals surface area contributed by atoms with E-state index in [1.165, 1.54) is 0 Å². The zero-order chi connectivity index (χ0) is 92.7. The monoisotopic (exact) mass is 1790 g/mol. The van der Waals surface area contributed by atoms with E-state index in [-0.39, 0.29) is 0 Å². The van der Waals surface area contributed by atoms with E-state index in [2.05, 4.69) is 0 Å². The van der Waals surface area contributed by atoms with Crippen molar-refractivity contribution in [3.05, 3.63) is 0 Å². The van der Waals surface area contributed by atoms with Crippen molar-refractivity contribution in [1.82, 2.24) is 0 Å². The Morgan fingerprint density at radius 3 is 0.468 bits per heavy atom. The van der Waals surface area contributed by atoms with Crippen molar-refractivity contribution >= 4 is 113 Å². The Kier molecular flexibility index (Phi) is 38.7. The lowest BCUT2D eigenvalue weighted by Crippen LogP contribution is -2.70. The number of rotatable bonds is 35. The molecule has 0 aromatic carbocycles. The summed E-state index contributed by atoms with van der Waals surface area (Å²) in [6, 6.07) is 0. The van der Waals surface area contributed by atoms with Gasteiger partial charge >= 0.3 is 113 Å². The Hall–Kier alpha value is -10.6. The second-order valence-electron chi connectivity index (χ2n) is 28.1. The fraction of sp³-hybridized carbons (Fsp3) is 0.743. The van der Waals surface area contributed by atoms with Crippen LogP contribution in [-0.4, -0.2) is 342 Å². The van der Waals surface area contributed by atoms with Gasteiger partial charge in [0.05, 0.1) is 0 Å². The van der Waals surface area contributed by atoms with Gasteiger partial charge in [-0.25, -0.2) is 0 Å². The van der Waals surface area contributed by atoms with Gasteiger partial charge in [0, 0.05) is 132 Å². The number of hydrogen-bond donors (Lipinski definition) is 1. The molecule has 6 rings (SSSR count). The topological polar surface area (TPSA) is 621 Å². The predicted molar refractivity (Wildman–Crippen MR) is 381 cm³/mol. The molecule has 0 bridgehead atoms. The first kappa shape index (κ1) is 102. The lowest BCUT2D eigenvalue weighted by Gasteiger charge is -2.51. The molecule has 1 N–H and O–H groups in total. The molecule has 6 saturated heterocycles. The summed E-state index contributed by atoms with van der Waals surface area (Å²) < 4.78 is 177. The van der Waals surface area contributed by atoms with Crippen LogP contribution in [-0.2, 0) is 233 Å². The average Bonchev–Trinajstić information content (AvgIpc) is 0.753. The van der Waals surface area contributed by atoms with E-state index in [1.807, 2.05) is 0 Å². The summed E-state index contributed by atoms with van der Waals surface area (Å²) in [5, 5.41) is 11.2. The van der Waals surface area contributed by atoms with Gasteiger partial charge < -0.3 is 147 Å². The maximum Gasteiger partial charge on any atom is 0.303 e. The van der Waals surface area contributed by atoms with Gasteiger partial charge in [-0.05, 0) is 0 Å². The molecule has 6 aliphatic heterocycles. The van der Waals surface area contributed by atoms with Crippen LogP contribution in [0.1, 0.15) is 132 Å². The molecular formula is C74H100O50. The van der Waals surface area contributed by atoms with Crippen molar-refractivity contribution in [3.63, 3.8) is 0 Å². The standard InChI is InChI=1S/C74H100O50/c1-26(75)95-20-45-52(57(102-33(8)82)63(69(94)114-45)108-39(14)88)120-71-65(110-41(16)90)59(104-35(10)84)54(47(116-71)22-97-28(3)77)122-73-67(112-43(18)92)61(106-37(12)86)56(49(118-73)24-99-30(5)79)124-74-68(113-44(19)93)62(107-38(13)87)55(50(119-74)25-100-31(6)80)123-72-66(111-42(17)91)60(105-36(11)85)53(48(117-72)23-98-29(4)78)121-70-64(109-40(15)89)58(103-34(9)83)51(101-32(7)81)46(115-70)21-96-27(2)76/h45-74,94H,20-25H2,1-19H3/t45?,46?,47?,48?,49?,50?,51-,52-,53-,54-,55-,56-,57-,58-,59-,60-,61-,62-,63?,64?,65?,66?,67?,68?,69+,70-,71-,72-,73-,74-/m1/s1. The normalized spacial score (nSPS) is 33.1. The van der Waals surface area contributed by atoms with Gasteiger partial charge in [-0.2, -0.15) is 0 Å². The highest BCUT2D eigenvalue weighted by atomic mass is 16.8. The Labute approximate surface area is 705 Å². The molecule has 50 nitrogen and oxygen atoms in total. The highest BCUT2D eigenvalue weighted by Gasteiger charge is 2.64. The maximum atomic E-state index is 13.8. The van der Waals surface area contributed by atoms with E-state index in [0.717, 1.165) is 132 Å². The molecule has 6 fully saturated rings. The molecule has 0 radical (unpaired) electrons. The maximum absolute atomic E-state index is 13.8. The van der Waals surface area contributed by atoms with E-state index >= 15 is 0 Å². The summed E-state index contributed by atoms with van der Waals surface area (Å²) in [6.45, 7) is 10.8. The van der Waals surface area contributed by atoms with Gasteiger partial charge in [-0.1, -0.05) is 0 Å². The highest BCUT2D eigenvalue weighted by molar-refractivity contribution is 5.73. The van der Waals surface area contributed by atoms with E-state index in [1.54, 1.807) is 0 Å². The van der Waals surface area contributed by atoms with Gasteiger partial charge in [0.2, 0.25) is 0 Å². The number of hydrogen-bond acceptors (Lipinski definition) is 50. The Morgan fingerprint density at radius 1 is 0.169 bits per heavy atom. The summed E-state index contributed by atoms with van der Waals surface area (Å²) in [4.78, 5) is 249. The molecule has 0 spiro atoms. The average molecular weight is 1790 g/mol. The lowest BCUT2D eigenvalue weighted by atomic mass is 9.94. The lowest BCUT2D eigenvalue weighted by molar-refractivity contribution is -0.396. The number of aliphatic hydroxyl groups excluding tert-OH is 1. The number of esters is 19. The van der Waals surface area contributed by atoms with Gasteiger partial charge in [-0.15, -0.1) is 0 Å². The predicted octanol–water partition coefficient (Wildman–Crippen LogP) is -3.26. The zero-order valence-corrected chi connectivity index (χ0v) is 70.5. The van der Waals surface area contributed by atoms with E-state index < -0.39 is 337 Å². The molecule has 0 amide bonds. The molecule has 6 heterocycles. The molecule has 6 aliphatic rings. The number of ether oxygens (including phenoxy) is 30. The Morgan fingerprint density at radius 2 is 0.298 bits per heavy atom. The van der Waals surface area contributed by atoms with Crippen LogP contribution in [0.25, 0.3) is 0 Å². The molecule has 12 unspecified atom stereocenters. The SMILES string of the molecule is CC(=O)OCC1O[C@H](O[C@@H]2C(COC(C)=O)O[C@H](O[C@@H]3C(COC(C)=O)O[C@H](O[C@@H]4C(COC(C)=O)O[C@H](O[C@@H]5C(COC(C)=O)O[C@H](O[C@@H]6C(COC(C)=O)O[C@H](O)C(OC(C)=O)[C@@H]6OC(C)=O)C(OC(C)=O)[C@@H]5OC(C)=O)C(OC(C)=O)[C@@H]4OC(C)=O)C(OC(C)=O)[C@@H]3OC(C)=O)C(OC(C)=O)[C@@H]2OC(C)=O)C(OC(C)=O)[C@H](OC(C)=O)[C@@H]1OC(C)=O. The molecular weight excluding hydrogens is 1690 g/mol. The molecule has 124 heavy (non-hydrogen) atoms. The van der Waals surface area contributed by atoms with Gasteiger partial charge in [0.1, 0.15) is 107 Å². The summed E-state index contributed by atoms with van der Waals surface area (Å²) in [7, 11) is 0. The van der Waals surface area contributed by atoms with Crippen molar-refractivity contribution in [2.24, 2.45) is 0 Å². The van der Waals surface area contributed by atoms with Crippen LogP contribution in [0.3, 0.4) is 0 Å². The molecule has 0 aromatic heterocycles. The zero-order valence-electron chi connectivity index (χ0n) is 70.5. The summed E-state index contributed by atoms with van der Waals surface area (Å²) in [5.41, 5.74) is 0. The van der Waals surface area contributed by atoms with Crippen molar-refractivity contribution in [2.75, 3.05) is 39.6 Å². The molecule has 696 valence electrons. The highest BCUT2D eigenvalue weighted by Crippen LogP contribution is 2.43. The van der Waals surface area contributed by atoms with Crippen LogP contribution < -0.4 is 0 Å². The minimum atomic E-state index is -2.43. The van der Waals surface area contributed by atoms with Crippen molar-refractivity contribution < 1.29 is 238 Å². The van der Waals surface area contributed by atoms with Crippen LogP contribution in [0.5, 0.6) is 0 Å². The van der Waals surface area contributed by atoms with Crippen LogP contribution in [0, 0.1) is 0 Å². The third kappa shape index (κ3) is 30.4. The number of aliphatic hydroxyl groups is 1. The Balaban J connectivity index is 1.54. The summed E-state index contributed by atoms with van der Waals surface area (Å²) in [5.74, 6) is -21.7. The minimum absolute atomic E-state index is 0.804. The largest absolute Gasteiger partial charge is 0.463 e. The second kappa shape index (κ2) is 47.0. The van der Waals surface area contributed by atoms with Crippen molar-refractivity contribution in [1.29, 1.82) is 0 Å². The van der Waals surface area contributed by atoms with Gasteiger partial charge in [0.15, 0.2) is 117 Å². The van der Waals surface area contributed by atoms with E-state index in [4.69, 9.17) is 142 Å². The smallest absolute Gasteiger partial charge is 0.303 e. The first-order valence-corrected chi connectivity index (χ1v) is 37.9. The quantitative estimate of drug-likeness (QED) is 0.0481. The summed E-state index contributed by atoms with van der Waals surface area (Å²) in [6.07, 6.45) is -64.0. The van der Waals surface area contributed by atoms with Crippen LogP contribution in [0.15, 0.2) is 0 Å². The minimum Gasteiger partial charge on any atom is -0.463 e. The fourth-order valence-corrected chi connectivity index (χ4v) is 13.6. The van der Waals surface area contributed by atoms with Crippen LogP contribution >= 0.6 is 0 Å². The molecule has 0 aliphatic carbocycles. The van der Waals surface area contributed by atoms with Crippen LogP contribution in [0.4, 0.5) is 0 Å². The van der Waals surface area contributed by atoms with Crippen LogP contribution in [0.2, 0.25) is 0 Å². The third-order valence-corrected chi connectivity index (χ3v) is 17.7. The first-order valence-electron chi connectivity index (χ1n) is 37.9. The number of carbonyl (C=O) groups excluding carboxylic acids is 19. The van der Waals surface area contributed by atoms with Crippen molar-refractivity contribution in [2.45, 2.75) is 316 Å². The summed E-state index contributed by atoms with van der Waals surface area (Å²) >= 11 is 0. The molecule has 30 atom stereocenters. The Bertz CT molecular complexity index is 3840. The second-order valence-corrected chi connectivity index (χ2v) is 28.1. The van der Waals surface area contributed by atoms with E-state index in [9.17, 15) is 96.2 Å². The van der Waals surface area contributed by atoms with Crippen molar-refractivity contribution in [3.8, 4) is 0 Å². The molecule has 0 aromatic rings.